The van der Waals surface area contributed by atoms with E-state index in [2.05, 4.69) is 20.8 Å². The molecular formula is C10H18O3. The van der Waals surface area contributed by atoms with Crippen LogP contribution in [0.25, 0.3) is 0 Å². The summed E-state index contributed by atoms with van der Waals surface area (Å²) in [5.74, 6) is 0.563. The maximum absolute atomic E-state index is 10.4. The molecule has 1 saturated carbocycles. The van der Waals surface area contributed by atoms with Crippen molar-refractivity contribution in [2.45, 2.75) is 46.1 Å². The first-order chi connectivity index (χ1) is 5.89. The van der Waals surface area contributed by atoms with Gasteiger partial charge in [-0.05, 0) is 30.6 Å². The fourth-order valence-corrected chi connectivity index (χ4v) is 2.49. The summed E-state index contributed by atoms with van der Waals surface area (Å²) in [5, 5.41) is 8.50. The highest BCUT2D eigenvalue weighted by atomic mass is 16.7. The molecule has 1 aliphatic carbocycles. The fourth-order valence-electron chi connectivity index (χ4n) is 2.49. The smallest absolute Gasteiger partial charge is 0.450 e. The van der Waals surface area contributed by atoms with E-state index in [0.717, 1.165) is 19.3 Å². The summed E-state index contributed by atoms with van der Waals surface area (Å²) in [6.45, 7) is 6.49. The molecule has 0 amide bonds. The van der Waals surface area contributed by atoms with Crippen LogP contribution >= 0.6 is 0 Å². The van der Waals surface area contributed by atoms with Crippen LogP contribution in [-0.2, 0) is 4.74 Å². The van der Waals surface area contributed by atoms with Crippen molar-refractivity contribution in [1.29, 1.82) is 0 Å². The molecule has 0 aromatic rings. The first-order valence-corrected chi connectivity index (χ1v) is 4.79. The van der Waals surface area contributed by atoms with E-state index in [-0.39, 0.29) is 11.5 Å². The van der Waals surface area contributed by atoms with Gasteiger partial charge in [0, 0.05) is 0 Å². The third kappa shape index (κ3) is 3.25. The molecule has 0 unspecified atom stereocenters. The van der Waals surface area contributed by atoms with E-state index >= 15 is 0 Å². The molecular weight excluding hydrogens is 168 g/mol. The molecule has 0 aromatic heterocycles. The summed E-state index contributed by atoms with van der Waals surface area (Å²) >= 11 is 0. The van der Waals surface area contributed by atoms with Crippen LogP contribution in [0.3, 0.4) is 0 Å². The Balaban J connectivity index is 2.52. The zero-order valence-corrected chi connectivity index (χ0v) is 8.54. The van der Waals surface area contributed by atoms with Crippen molar-refractivity contribution in [3.8, 4) is 0 Å². The quantitative estimate of drug-likeness (QED) is 0.640. The Kier molecular flexibility index (Phi) is 2.84. The van der Waals surface area contributed by atoms with E-state index in [4.69, 9.17) is 9.84 Å². The molecule has 1 N–H and O–H groups in total. The molecule has 0 aliphatic heterocycles. The first-order valence-electron chi connectivity index (χ1n) is 4.79. The van der Waals surface area contributed by atoms with Gasteiger partial charge >= 0.3 is 6.16 Å². The van der Waals surface area contributed by atoms with E-state index in [9.17, 15) is 4.79 Å². The molecule has 0 spiro atoms. The molecule has 0 radical (unpaired) electrons. The lowest BCUT2D eigenvalue weighted by Gasteiger charge is -2.37. The lowest BCUT2D eigenvalue weighted by Crippen LogP contribution is -2.33. The van der Waals surface area contributed by atoms with Gasteiger partial charge < -0.3 is 9.84 Å². The van der Waals surface area contributed by atoms with E-state index in [0.29, 0.717) is 5.92 Å². The van der Waals surface area contributed by atoms with Crippen molar-refractivity contribution in [1.82, 2.24) is 0 Å². The normalized spacial score (nSPS) is 32.5. The van der Waals surface area contributed by atoms with Crippen molar-refractivity contribution in [2.24, 2.45) is 11.3 Å². The molecule has 0 heterocycles. The Labute approximate surface area is 79.1 Å². The van der Waals surface area contributed by atoms with Gasteiger partial charge in [-0.25, -0.2) is 4.79 Å². The molecule has 3 heteroatoms. The van der Waals surface area contributed by atoms with Gasteiger partial charge in [-0.15, -0.1) is 0 Å². The molecule has 76 valence electrons. The average Bonchev–Trinajstić information content (AvgIpc) is 1.78. The Hall–Kier alpha value is -0.730. The molecule has 13 heavy (non-hydrogen) atoms. The van der Waals surface area contributed by atoms with Gasteiger partial charge in [-0.2, -0.15) is 0 Å². The van der Waals surface area contributed by atoms with Crippen LogP contribution in [-0.4, -0.2) is 17.4 Å². The predicted octanol–water partition coefficient (Wildman–Crippen LogP) is 2.90. The Morgan fingerprint density at radius 1 is 1.46 bits per heavy atom. The molecule has 1 fully saturated rings. The Morgan fingerprint density at radius 3 is 2.54 bits per heavy atom. The number of hydrogen-bond acceptors (Lipinski definition) is 2. The first kappa shape index (κ1) is 10.4. The maximum Gasteiger partial charge on any atom is 0.506 e. The monoisotopic (exact) mass is 186 g/mol. The second kappa shape index (κ2) is 3.56. The van der Waals surface area contributed by atoms with Crippen LogP contribution in [0.5, 0.6) is 0 Å². The zero-order chi connectivity index (χ0) is 10.1. The van der Waals surface area contributed by atoms with Crippen LogP contribution in [0.1, 0.15) is 40.0 Å². The number of ether oxygens (including phenoxy) is 1. The van der Waals surface area contributed by atoms with Crippen molar-refractivity contribution < 1.29 is 14.6 Å². The number of carboxylic acid groups (broad SMARTS) is 1. The minimum absolute atomic E-state index is 0.101. The van der Waals surface area contributed by atoms with E-state index in [1.165, 1.54) is 0 Å². The third-order valence-electron chi connectivity index (χ3n) is 2.61. The SMILES string of the molecule is C[C@@H]1C[C@@H](OC(=O)O)CC(C)(C)C1. The summed E-state index contributed by atoms with van der Waals surface area (Å²) in [7, 11) is 0. The van der Waals surface area contributed by atoms with Gasteiger partial charge in [0.25, 0.3) is 0 Å². The van der Waals surface area contributed by atoms with Crippen LogP contribution < -0.4 is 0 Å². The fraction of sp³-hybridized carbons (Fsp3) is 0.900. The third-order valence-corrected chi connectivity index (χ3v) is 2.61. The predicted molar refractivity (Wildman–Crippen MR) is 49.7 cm³/mol. The summed E-state index contributed by atoms with van der Waals surface area (Å²) in [4.78, 5) is 10.4. The molecule has 0 saturated heterocycles. The van der Waals surface area contributed by atoms with E-state index in [1.54, 1.807) is 0 Å². The summed E-state index contributed by atoms with van der Waals surface area (Å²) in [6.07, 6.45) is 1.64. The van der Waals surface area contributed by atoms with Crippen molar-refractivity contribution >= 4 is 6.16 Å². The molecule has 0 bridgehead atoms. The van der Waals surface area contributed by atoms with Crippen molar-refractivity contribution in [3.63, 3.8) is 0 Å². The van der Waals surface area contributed by atoms with Crippen LogP contribution in [0.2, 0.25) is 0 Å². The van der Waals surface area contributed by atoms with Gasteiger partial charge in [0.05, 0.1) is 0 Å². The van der Waals surface area contributed by atoms with Crippen molar-refractivity contribution in [2.75, 3.05) is 0 Å². The number of carbonyl (C=O) groups is 1. The molecule has 1 rings (SSSR count). The van der Waals surface area contributed by atoms with Gasteiger partial charge in [-0.3, -0.25) is 0 Å². The van der Waals surface area contributed by atoms with Gasteiger partial charge in [0.15, 0.2) is 0 Å². The summed E-state index contributed by atoms with van der Waals surface area (Å²) in [5.41, 5.74) is 0.220. The highest BCUT2D eigenvalue weighted by Gasteiger charge is 2.33. The highest BCUT2D eigenvalue weighted by molar-refractivity contribution is 5.57. The minimum atomic E-state index is -1.14. The van der Waals surface area contributed by atoms with Gasteiger partial charge in [0.2, 0.25) is 0 Å². The second-order valence-electron chi connectivity index (χ2n) is 4.92. The lowest BCUT2D eigenvalue weighted by atomic mass is 9.71. The van der Waals surface area contributed by atoms with Crippen LogP contribution in [0, 0.1) is 11.3 Å². The standard InChI is InChI=1S/C10H18O3/c1-7-4-8(13-9(11)12)6-10(2,3)5-7/h7-8H,4-6H2,1-3H3,(H,11,12)/t7-,8-/m1/s1. The molecule has 2 atom stereocenters. The Morgan fingerprint density at radius 2 is 2.08 bits per heavy atom. The molecule has 3 nitrogen and oxygen atoms in total. The summed E-state index contributed by atoms with van der Waals surface area (Å²) < 4.78 is 4.81. The van der Waals surface area contributed by atoms with E-state index in [1.807, 2.05) is 0 Å². The molecule has 1 aliphatic rings. The van der Waals surface area contributed by atoms with Crippen LogP contribution in [0.4, 0.5) is 4.79 Å². The second-order valence-corrected chi connectivity index (χ2v) is 4.92. The van der Waals surface area contributed by atoms with Crippen LogP contribution in [0.15, 0.2) is 0 Å². The Bertz CT molecular complexity index is 198. The highest BCUT2D eigenvalue weighted by Crippen LogP contribution is 2.39. The zero-order valence-electron chi connectivity index (χ0n) is 8.54. The van der Waals surface area contributed by atoms with Gasteiger partial charge in [0.1, 0.15) is 6.10 Å². The van der Waals surface area contributed by atoms with E-state index < -0.39 is 6.16 Å². The number of rotatable bonds is 1. The van der Waals surface area contributed by atoms with Crippen molar-refractivity contribution in [3.05, 3.63) is 0 Å². The molecule has 0 aromatic carbocycles. The topological polar surface area (TPSA) is 46.5 Å². The average molecular weight is 186 g/mol. The minimum Gasteiger partial charge on any atom is -0.450 e. The number of hydrogen-bond donors (Lipinski definition) is 1. The van der Waals surface area contributed by atoms with Gasteiger partial charge in [-0.1, -0.05) is 20.8 Å². The summed E-state index contributed by atoms with van der Waals surface area (Å²) in [6, 6.07) is 0. The maximum atomic E-state index is 10.4. The largest absolute Gasteiger partial charge is 0.506 e. The lowest BCUT2D eigenvalue weighted by molar-refractivity contribution is -0.00505.